The average Bonchev–Trinajstić information content (AvgIpc) is 2.73. The number of nitrogens with zero attached hydrogens (tertiary/aromatic N) is 2. The van der Waals surface area contributed by atoms with Gasteiger partial charge in [-0.2, -0.15) is 5.10 Å². The van der Waals surface area contributed by atoms with Crippen LogP contribution in [0, 0.1) is 5.92 Å². The predicted octanol–water partition coefficient (Wildman–Crippen LogP) is 2.52. The number of rotatable bonds is 4. The summed E-state index contributed by atoms with van der Waals surface area (Å²) >= 11 is 0. The third-order valence-corrected chi connectivity index (χ3v) is 3.72. The highest BCUT2D eigenvalue weighted by Crippen LogP contribution is 2.34. The molecule has 102 valence electrons. The fourth-order valence-electron chi connectivity index (χ4n) is 2.66. The molecule has 0 unspecified atom stereocenters. The van der Waals surface area contributed by atoms with Crippen LogP contribution >= 0.6 is 0 Å². The van der Waals surface area contributed by atoms with Crippen molar-refractivity contribution >= 4 is 5.69 Å². The molecule has 1 fully saturated rings. The molecule has 0 amide bonds. The number of aliphatic hydroxyl groups is 1. The Morgan fingerprint density at radius 2 is 2.06 bits per heavy atom. The summed E-state index contributed by atoms with van der Waals surface area (Å²) in [7, 11) is 0. The standard InChI is InChI=1S/C12H19F2N3O/c13-12(14)11-10(15)7-17(16-11)9-3-1-8(2-4-9)5-6-18/h7-9,12,18H,1-6,15H2. The third kappa shape index (κ3) is 2.80. The maximum Gasteiger partial charge on any atom is 0.284 e. The Hall–Kier alpha value is -1.17. The second-order valence-corrected chi connectivity index (χ2v) is 4.94. The van der Waals surface area contributed by atoms with E-state index in [0.29, 0.717) is 5.92 Å². The number of halogens is 2. The zero-order valence-corrected chi connectivity index (χ0v) is 10.2. The minimum Gasteiger partial charge on any atom is -0.396 e. The Labute approximate surface area is 105 Å². The van der Waals surface area contributed by atoms with Gasteiger partial charge in [0, 0.05) is 12.8 Å². The molecule has 0 atom stereocenters. The molecule has 1 aliphatic rings. The highest BCUT2D eigenvalue weighted by Gasteiger charge is 2.25. The summed E-state index contributed by atoms with van der Waals surface area (Å²) < 4.78 is 26.8. The van der Waals surface area contributed by atoms with E-state index in [1.807, 2.05) is 0 Å². The maximum atomic E-state index is 12.6. The van der Waals surface area contributed by atoms with Crippen LogP contribution in [-0.4, -0.2) is 21.5 Å². The fraction of sp³-hybridized carbons (Fsp3) is 0.750. The molecule has 0 saturated heterocycles. The van der Waals surface area contributed by atoms with Gasteiger partial charge in [-0.05, 0) is 38.0 Å². The molecular formula is C12H19F2N3O. The number of hydrogen-bond acceptors (Lipinski definition) is 3. The summed E-state index contributed by atoms with van der Waals surface area (Å²) in [4.78, 5) is 0. The van der Waals surface area contributed by atoms with Gasteiger partial charge >= 0.3 is 0 Å². The van der Waals surface area contributed by atoms with Crippen LogP contribution in [0.2, 0.25) is 0 Å². The summed E-state index contributed by atoms with van der Waals surface area (Å²) in [5.41, 5.74) is 5.29. The predicted molar refractivity (Wildman–Crippen MR) is 64.3 cm³/mol. The number of hydrogen-bond donors (Lipinski definition) is 2. The molecule has 1 aliphatic carbocycles. The van der Waals surface area contributed by atoms with Crippen LogP contribution in [-0.2, 0) is 0 Å². The average molecular weight is 259 g/mol. The van der Waals surface area contributed by atoms with E-state index in [4.69, 9.17) is 10.8 Å². The number of alkyl halides is 2. The minimum atomic E-state index is -2.61. The highest BCUT2D eigenvalue weighted by molar-refractivity contribution is 5.41. The van der Waals surface area contributed by atoms with E-state index < -0.39 is 6.43 Å². The normalized spacial score (nSPS) is 24.7. The second kappa shape index (κ2) is 5.65. The smallest absolute Gasteiger partial charge is 0.284 e. The van der Waals surface area contributed by atoms with Crippen molar-refractivity contribution in [2.45, 2.75) is 44.6 Å². The molecule has 0 spiro atoms. The van der Waals surface area contributed by atoms with Gasteiger partial charge in [-0.25, -0.2) is 8.78 Å². The van der Waals surface area contributed by atoms with Crippen molar-refractivity contribution in [1.29, 1.82) is 0 Å². The quantitative estimate of drug-likeness (QED) is 0.873. The summed E-state index contributed by atoms with van der Waals surface area (Å²) in [6.07, 6.45) is 3.57. The van der Waals surface area contributed by atoms with Gasteiger partial charge in [-0.1, -0.05) is 0 Å². The van der Waals surface area contributed by atoms with Crippen LogP contribution in [0.5, 0.6) is 0 Å². The summed E-state index contributed by atoms with van der Waals surface area (Å²) in [5.74, 6) is 0.550. The second-order valence-electron chi connectivity index (χ2n) is 4.94. The van der Waals surface area contributed by atoms with E-state index in [1.54, 1.807) is 4.68 Å². The third-order valence-electron chi connectivity index (χ3n) is 3.72. The van der Waals surface area contributed by atoms with Crippen molar-refractivity contribution in [3.8, 4) is 0 Å². The van der Waals surface area contributed by atoms with Gasteiger partial charge < -0.3 is 10.8 Å². The van der Waals surface area contributed by atoms with Crippen molar-refractivity contribution < 1.29 is 13.9 Å². The van der Waals surface area contributed by atoms with E-state index in [2.05, 4.69) is 5.10 Å². The van der Waals surface area contributed by atoms with E-state index in [1.165, 1.54) is 6.20 Å². The number of anilines is 1. The van der Waals surface area contributed by atoms with Crippen molar-refractivity contribution in [1.82, 2.24) is 9.78 Å². The molecule has 3 N–H and O–H groups in total. The molecule has 1 saturated carbocycles. The van der Waals surface area contributed by atoms with E-state index in [0.717, 1.165) is 32.1 Å². The zero-order valence-electron chi connectivity index (χ0n) is 10.2. The van der Waals surface area contributed by atoms with Gasteiger partial charge in [-0.15, -0.1) is 0 Å². The van der Waals surface area contributed by atoms with Crippen LogP contribution < -0.4 is 5.73 Å². The molecule has 4 nitrogen and oxygen atoms in total. The number of nitrogen functional groups attached to an aromatic ring is 1. The summed E-state index contributed by atoms with van der Waals surface area (Å²) in [6, 6.07) is 0.162. The lowest BCUT2D eigenvalue weighted by Crippen LogP contribution is -2.19. The molecule has 0 bridgehead atoms. The van der Waals surface area contributed by atoms with E-state index in [9.17, 15) is 8.78 Å². The SMILES string of the molecule is Nc1cn(C2CCC(CCO)CC2)nc1C(F)F. The molecule has 1 heterocycles. The van der Waals surface area contributed by atoms with Crippen molar-refractivity contribution in [2.75, 3.05) is 12.3 Å². The maximum absolute atomic E-state index is 12.6. The molecule has 0 aromatic carbocycles. The first kappa shape index (κ1) is 13.3. The van der Waals surface area contributed by atoms with Gasteiger partial charge in [0.15, 0.2) is 5.69 Å². The lowest BCUT2D eigenvalue weighted by atomic mass is 9.84. The van der Waals surface area contributed by atoms with Crippen molar-refractivity contribution in [2.24, 2.45) is 5.92 Å². The van der Waals surface area contributed by atoms with Crippen molar-refractivity contribution in [3.05, 3.63) is 11.9 Å². The van der Waals surface area contributed by atoms with Gasteiger partial charge in [0.2, 0.25) is 0 Å². The van der Waals surface area contributed by atoms with Gasteiger partial charge in [0.25, 0.3) is 6.43 Å². The molecule has 1 aromatic heterocycles. The number of nitrogens with two attached hydrogens (primary N) is 1. The highest BCUT2D eigenvalue weighted by atomic mass is 19.3. The first-order valence-electron chi connectivity index (χ1n) is 6.35. The van der Waals surface area contributed by atoms with Crippen LogP contribution in [0.3, 0.4) is 0 Å². The van der Waals surface area contributed by atoms with Crippen LogP contribution in [0.15, 0.2) is 6.20 Å². The molecule has 18 heavy (non-hydrogen) atoms. The summed E-state index contributed by atoms with van der Waals surface area (Å²) in [5, 5.41) is 12.8. The molecule has 6 heteroatoms. The molecule has 0 aliphatic heterocycles. The van der Waals surface area contributed by atoms with Gasteiger partial charge in [0.05, 0.1) is 11.7 Å². The van der Waals surface area contributed by atoms with E-state index in [-0.39, 0.29) is 24.0 Å². The van der Waals surface area contributed by atoms with Crippen LogP contribution in [0.4, 0.5) is 14.5 Å². The number of aromatic nitrogens is 2. The zero-order chi connectivity index (χ0) is 13.1. The monoisotopic (exact) mass is 259 g/mol. The first-order valence-corrected chi connectivity index (χ1v) is 6.35. The Morgan fingerprint density at radius 1 is 1.39 bits per heavy atom. The Balaban J connectivity index is 1.99. The first-order chi connectivity index (χ1) is 8.61. The number of aliphatic hydroxyl groups excluding tert-OH is 1. The van der Waals surface area contributed by atoms with Gasteiger partial charge in [-0.3, -0.25) is 4.68 Å². The summed E-state index contributed by atoms with van der Waals surface area (Å²) in [6.45, 7) is 0.222. The lowest BCUT2D eigenvalue weighted by Gasteiger charge is -2.28. The molecule has 1 aromatic rings. The fourth-order valence-corrected chi connectivity index (χ4v) is 2.66. The lowest BCUT2D eigenvalue weighted by molar-refractivity contribution is 0.143. The van der Waals surface area contributed by atoms with Crippen molar-refractivity contribution in [3.63, 3.8) is 0 Å². The van der Waals surface area contributed by atoms with Crippen LogP contribution in [0.1, 0.15) is 50.3 Å². The molecule has 0 radical (unpaired) electrons. The van der Waals surface area contributed by atoms with Gasteiger partial charge in [0.1, 0.15) is 0 Å². The Morgan fingerprint density at radius 3 is 2.56 bits per heavy atom. The Kier molecular flexibility index (Phi) is 4.16. The Bertz CT molecular complexity index is 387. The molecule has 2 rings (SSSR count). The van der Waals surface area contributed by atoms with E-state index >= 15 is 0 Å². The largest absolute Gasteiger partial charge is 0.396 e. The molecular weight excluding hydrogens is 240 g/mol. The van der Waals surface area contributed by atoms with Crippen LogP contribution in [0.25, 0.3) is 0 Å². The topological polar surface area (TPSA) is 64.1 Å². The minimum absolute atomic E-state index is 0.0717.